The van der Waals surface area contributed by atoms with Crippen LogP contribution in [0.3, 0.4) is 0 Å². The lowest BCUT2D eigenvalue weighted by atomic mass is 9.96. The fourth-order valence-electron chi connectivity index (χ4n) is 4.31. The Morgan fingerprint density at radius 1 is 1.14 bits per heavy atom. The molecule has 0 amide bonds. The highest BCUT2D eigenvalue weighted by atomic mass is 15.1. The van der Waals surface area contributed by atoms with E-state index in [-0.39, 0.29) is 0 Å². The SMILES string of the molecule is Cc1nc2c3c(ccc2n1C1CCCC1)N(C)C(C)CC3. The maximum Gasteiger partial charge on any atom is 0.106 e. The number of imidazole rings is 1. The standard InChI is InChI=1S/C18H25N3/c1-12-8-9-15-16(20(12)3)10-11-17-18(15)19-13(2)21(17)14-6-4-5-7-14/h10-12,14H,4-9H2,1-3H3. The summed E-state index contributed by atoms with van der Waals surface area (Å²) >= 11 is 0. The topological polar surface area (TPSA) is 21.1 Å². The first-order valence-corrected chi connectivity index (χ1v) is 8.40. The number of anilines is 1. The number of nitrogens with zero attached hydrogens (tertiary/aromatic N) is 3. The molecule has 1 saturated carbocycles. The van der Waals surface area contributed by atoms with Crippen molar-refractivity contribution in [2.45, 2.75) is 64.5 Å². The van der Waals surface area contributed by atoms with Crippen LogP contribution in [0.5, 0.6) is 0 Å². The van der Waals surface area contributed by atoms with Gasteiger partial charge in [-0.15, -0.1) is 0 Å². The molecule has 1 fully saturated rings. The van der Waals surface area contributed by atoms with E-state index in [1.165, 1.54) is 66.6 Å². The molecule has 0 spiro atoms. The van der Waals surface area contributed by atoms with Crippen molar-refractivity contribution in [2.75, 3.05) is 11.9 Å². The molecule has 1 aromatic heterocycles. The summed E-state index contributed by atoms with van der Waals surface area (Å²) in [6.07, 6.45) is 7.78. The Labute approximate surface area is 127 Å². The molecule has 0 bridgehead atoms. The molecule has 1 aliphatic carbocycles. The minimum Gasteiger partial charge on any atom is -0.372 e. The van der Waals surface area contributed by atoms with E-state index in [0.29, 0.717) is 12.1 Å². The summed E-state index contributed by atoms with van der Waals surface area (Å²) in [7, 11) is 2.22. The molecule has 1 aromatic carbocycles. The normalized spacial score (nSPS) is 23.0. The van der Waals surface area contributed by atoms with Gasteiger partial charge in [0, 0.05) is 30.4 Å². The second kappa shape index (κ2) is 4.75. The number of aromatic nitrogens is 2. The highest BCUT2D eigenvalue weighted by Crippen LogP contribution is 2.38. The third-order valence-corrected chi connectivity index (χ3v) is 5.66. The summed E-state index contributed by atoms with van der Waals surface area (Å²) in [5, 5.41) is 0. The van der Waals surface area contributed by atoms with Gasteiger partial charge in [-0.2, -0.15) is 0 Å². The lowest BCUT2D eigenvalue weighted by molar-refractivity contribution is 0.520. The Morgan fingerprint density at radius 2 is 1.90 bits per heavy atom. The smallest absolute Gasteiger partial charge is 0.106 e. The van der Waals surface area contributed by atoms with Crippen LogP contribution in [0.2, 0.25) is 0 Å². The molecule has 2 heterocycles. The van der Waals surface area contributed by atoms with Crippen molar-refractivity contribution >= 4 is 16.7 Å². The molecule has 4 rings (SSSR count). The van der Waals surface area contributed by atoms with Gasteiger partial charge in [-0.1, -0.05) is 12.8 Å². The highest BCUT2D eigenvalue weighted by molar-refractivity contribution is 5.86. The summed E-state index contributed by atoms with van der Waals surface area (Å²) in [5.41, 5.74) is 5.47. The van der Waals surface area contributed by atoms with Crippen molar-refractivity contribution in [1.82, 2.24) is 9.55 Å². The van der Waals surface area contributed by atoms with E-state index in [1.807, 2.05) is 0 Å². The van der Waals surface area contributed by atoms with Gasteiger partial charge in [0.05, 0.1) is 11.0 Å². The molecule has 112 valence electrons. The molecule has 3 nitrogen and oxygen atoms in total. The monoisotopic (exact) mass is 283 g/mol. The van der Waals surface area contributed by atoms with Crippen molar-refractivity contribution in [3.05, 3.63) is 23.5 Å². The highest BCUT2D eigenvalue weighted by Gasteiger charge is 2.26. The van der Waals surface area contributed by atoms with E-state index in [9.17, 15) is 0 Å². The van der Waals surface area contributed by atoms with Crippen LogP contribution in [-0.4, -0.2) is 22.6 Å². The van der Waals surface area contributed by atoms with Crippen molar-refractivity contribution < 1.29 is 0 Å². The van der Waals surface area contributed by atoms with E-state index in [0.717, 1.165) is 0 Å². The van der Waals surface area contributed by atoms with Crippen LogP contribution in [-0.2, 0) is 6.42 Å². The summed E-state index contributed by atoms with van der Waals surface area (Å²) in [4.78, 5) is 7.39. The molecule has 1 atom stereocenters. The molecule has 21 heavy (non-hydrogen) atoms. The maximum absolute atomic E-state index is 4.97. The quantitative estimate of drug-likeness (QED) is 0.781. The minimum absolute atomic E-state index is 0.632. The molecule has 0 N–H and O–H groups in total. The third-order valence-electron chi connectivity index (χ3n) is 5.66. The second-order valence-corrected chi connectivity index (χ2v) is 6.90. The molecule has 0 saturated heterocycles. The van der Waals surface area contributed by atoms with Gasteiger partial charge >= 0.3 is 0 Å². The van der Waals surface area contributed by atoms with Gasteiger partial charge in [0.1, 0.15) is 5.82 Å². The van der Waals surface area contributed by atoms with Gasteiger partial charge in [0.15, 0.2) is 0 Å². The molecule has 2 aliphatic rings. The number of fused-ring (bicyclic) bond motifs is 3. The number of rotatable bonds is 1. The molecule has 1 unspecified atom stereocenters. The Balaban J connectivity index is 1.90. The minimum atomic E-state index is 0.632. The lowest BCUT2D eigenvalue weighted by Crippen LogP contribution is -2.33. The van der Waals surface area contributed by atoms with Gasteiger partial charge < -0.3 is 9.47 Å². The van der Waals surface area contributed by atoms with Gasteiger partial charge in [0.25, 0.3) is 0 Å². The van der Waals surface area contributed by atoms with E-state index >= 15 is 0 Å². The number of aryl methyl sites for hydroxylation is 2. The first-order chi connectivity index (χ1) is 10.2. The van der Waals surface area contributed by atoms with Gasteiger partial charge in [-0.05, 0) is 51.7 Å². The molecule has 3 heteroatoms. The number of hydrogen-bond acceptors (Lipinski definition) is 2. The Kier molecular flexibility index (Phi) is 2.98. The van der Waals surface area contributed by atoms with E-state index in [4.69, 9.17) is 4.98 Å². The van der Waals surface area contributed by atoms with Crippen LogP contribution in [0.25, 0.3) is 11.0 Å². The van der Waals surface area contributed by atoms with E-state index in [2.05, 4.69) is 42.5 Å². The van der Waals surface area contributed by atoms with E-state index in [1.54, 1.807) is 0 Å². The van der Waals surface area contributed by atoms with Crippen LogP contribution in [0, 0.1) is 6.92 Å². The zero-order valence-electron chi connectivity index (χ0n) is 13.4. The second-order valence-electron chi connectivity index (χ2n) is 6.90. The predicted molar refractivity (Wildman–Crippen MR) is 88.2 cm³/mol. The number of hydrogen-bond donors (Lipinski definition) is 0. The van der Waals surface area contributed by atoms with Gasteiger partial charge in [-0.3, -0.25) is 0 Å². The van der Waals surface area contributed by atoms with Crippen LogP contribution in [0.1, 0.15) is 56.5 Å². The van der Waals surface area contributed by atoms with Crippen LogP contribution < -0.4 is 4.90 Å². The first kappa shape index (κ1) is 13.2. The summed E-state index contributed by atoms with van der Waals surface area (Å²) in [6, 6.07) is 5.93. The average molecular weight is 283 g/mol. The van der Waals surface area contributed by atoms with Crippen molar-refractivity contribution in [2.24, 2.45) is 0 Å². The number of benzene rings is 1. The maximum atomic E-state index is 4.97. The van der Waals surface area contributed by atoms with Crippen molar-refractivity contribution in [3.8, 4) is 0 Å². The largest absolute Gasteiger partial charge is 0.372 e. The molecule has 2 aromatic rings. The summed E-state index contributed by atoms with van der Waals surface area (Å²) in [5.74, 6) is 1.20. The summed E-state index contributed by atoms with van der Waals surface area (Å²) < 4.78 is 2.51. The zero-order chi connectivity index (χ0) is 14.6. The van der Waals surface area contributed by atoms with Crippen molar-refractivity contribution in [1.29, 1.82) is 0 Å². The Bertz CT molecular complexity index is 679. The molecular formula is C18H25N3. The summed E-state index contributed by atoms with van der Waals surface area (Å²) in [6.45, 7) is 4.50. The van der Waals surface area contributed by atoms with Crippen LogP contribution >= 0.6 is 0 Å². The fraction of sp³-hybridized carbons (Fsp3) is 0.611. The van der Waals surface area contributed by atoms with Crippen molar-refractivity contribution in [3.63, 3.8) is 0 Å². The van der Waals surface area contributed by atoms with E-state index < -0.39 is 0 Å². The fourth-order valence-corrected chi connectivity index (χ4v) is 4.31. The van der Waals surface area contributed by atoms with Crippen LogP contribution in [0.4, 0.5) is 5.69 Å². The molecule has 1 aliphatic heterocycles. The van der Waals surface area contributed by atoms with Gasteiger partial charge in [-0.25, -0.2) is 4.98 Å². The molecule has 0 radical (unpaired) electrons. The predicted octanol–water partition coefficient (Wildman–Crippen LogP) is 4.23. The Hall–Kier alpha value is -1.51. The average Bonchev–Trinajstić information content (AvgIpc) is 3.08. The Morgan fingerprint density at radius 3 is 2.67 bits per heavy atom. The molecular weight excluding hydrogens is 258 g/mol. The zero-order valence-corrected chi connectivity index (χ0v) is 13.4. The lowest BCUT2D eigenvalue weighted by Gasteiger charge is -2.34. The first-order valence-electron chi connectivity index (χ1n) is 8.40. The third kappa shape index (κ3) is 1.90. The van der Waals surface area contributed by atoms with Crippen LogP contribution in [0.15, 0.2) is 12.1 Å². The van der Waals surface area contributed by atoms with Gasteiger partial charge in [0.2, 0.25) is 0 Å².